The molecule has 6 heteroatoms. The molecule has 0 bridgehead atoms. The van der Waals surface area contributed by atoms with Gasteiger partial charge in [0, 0.05) is 30.4 Å². The first-order chi connectivity index (χ1) is 10.5. The van der Waals surface area contributed by atoms with Crippen LogP contribution in [-0.4, -0.2) is 30.1 Å². The van der Waals surface area contributed by atoms with Gasteiger partial charge in [-0.2, -0.15) is 0 Å². The highest BCUT2D eigenvalue weighted by Crippen LogP contribution is 2.17. The number of hydrogen-bond acceptors (Lipinski definition) is 3. The number of ether oxygens (including phenoxy) is 1. The molecule has 0 saturated heterocycles. The number of halogens is 1. The van der Waals surface area contributed by atoms with E-state index < -0.39 is 0 Å². The second-order valence-electron chi connectivity index (χ2n) is 4.75. The van der Waals surface area contributed by atoms with Crippen LogP contribution in [0.15, 0.2) is 48.5 Å². The van der Waals surface area contributed by atoms with Crippen molar-refractivity contribution in [3.05, 3.63) is 59.1 Å². The number of carbonyl (C=O) groups excluding carboxylic acids is 1. The van der Waals surface area contributed by atoms with Gasteiger partial charge in [-0.25, -0.2) is 0 Å². The number of amides is 1. The molecule has 1 amide bonds. The van der Waals surface area contributed by atoms with Crippen molar-refractivity contribution in [3.8, 4) is 5.75 Å². The highest BCUT2D eigenvalue weighted by Gasteiger charge is 2.09. The predicted molar refractivity (Wildman–Crippen MR) is 92.8 cm³/mol. The molecule has 0 atom stereocenters. The lowest BCUT2D eigenvalue weighted by molar-refractivity contribution is 0.102. The third kappa shape index (κ3) is 4.44. The second kappa shape index (κ2) is 7.24. The summed E-state index contributed by atoms with van der Waals surface area (Å²) in [5.41, 5.74) is 1.15. The maximum absolute atomic E-state index is 12.2. The molecule has 0 saturated carbocycles. The molecule has 0 heterocycles. The number of rotatable bonds is 3. The molecule has 0 aliphatic rings. The highest BCUT2D eigenvalue weighted by atomic mass is 35.5. The SMILES string of the molecule is CN(C)C(=S)Oc1cccc(C(=O)Nc2ccc(Cl)cc2)c1. The molecule has 0 fully saturated rings. The summed E-state index contributed by atoms with van der Waals surface area (Å²) in [4.78, 5) is 13.9. The quantitative estimate of drug-likeness (QED) is 0.866. The minimum atomic E-state index is -0.233. The second-order valence-corrected chi connectivity index (χ2v) is 5.54. The van der Waals surface area contributed by atoms with Crippen molar-refractivity contribution in [2.24, 2.45) is 0 Å². The first-order valence-electron chi connectivity index (χ1n) is 6.52. The maximum atomic E-state index is 12.2. The Hall–Kier alpha value is -2.11. The Morgan fingerprint density at radius 1 is 1.18 bits per heavy atom. The van der Waals surface area contributed by atoms with E-state index in [9.17, 15) is 4.79 Å². The maximum Gasteiger partial charge on any atom is 0.264 e. The Balaban J connectivity index is 2.09. The fraction of sp³-hybridized carbons (Fsp3) is 0.125. The largest absolute Gasteiger partial charge is 0.432 e. The van der Waals surface area contributed by atoms with Gasteiger partial charge >= 0.3 is 0 Å². The van der Waals surface area contributed by atoms with E-state index in [4.69, 9.17) is 28.6 Å². The molecule has 0 aliphatic carbocycles. The minimum Gasteiger partial charge on any atom is -0.432 e. The van der Waals surface area contributed by atoms with Crippen molar-refractivity contribution in [1.82, 2.24) is 4.90 Å². The molecule has 2 aromatic rings. The molecule has 0 aromatic heterocycles. The average Bonchev–Trinajstić information content (AvgIpc) is 2.49. The third-order valence-corrected chi connectivity index (χ3v) is 3.47. The zero-order valence-electron chi connectivity index (χ0n) is 12.2. The van der Waals surface area contributed by atoms with E-state index in [1.54, 1.807) is 67.5 Å². The molecule has 114 valence electrons. The standard InChI is InChI=1S/C16H15ClN2O2S/c1-19(2)16(22)21-14-5-3-4-11(10-14)15(20)18-13-8-6-12(17)7-9-13/h3-10H,1-2H3,(H,18,20). The van der Waals surface area contributed by atoms with Crippen LogP contribution >= 0.6 is 23.8 Å². The summed E-state index contributed by atoms with van der Waals surface area (Å²) in [7, 11) is 3.58. The number of carbonyl (C=O) groups is 1. The van der Waals surface area contributed by atoms with Crippen LogP contribution in [0.2, 0.25) is 5.02 Å². The van der Waals surface area contributed by atoms with Gasteiger partial charge in [-0.15, -0.1) is 0 Å². The minimum absolute atomic E-state index is 0.233. The number of benzene rings is 2. The van der Waals surface area contributed by atoms with E-state index >= 15 is 0 Å². The molecular weight excluding hydrogens is 320 g/mol. The zero-order valence-corrected chi connectivity index (χ0v) is 13.7. The molecule has 1 N–H and O–H groups in total. The molecule has 0 aliphatic heterocycles. The van der Waals surface area contributed by atoms with Gasteiger partial charge in [-0.1, -0.05) is 17.7 Å². The molecule has 0 spiro atoms. The van der Waals surface area contributed by atoms with Crippen LogP contribution in [0.3, 0.4) is 0 Å². The van der Waals surface area contributed by atoms with Crippen molar-refractivity contribution in [3.63, 3.8) is 0 Å². The summed E-state index contributed by atoms with van der Waals surface area (Å²) in [6, 6.07) is 13.7. The van der Waals surface area contributed by atoms with Gasteiger partial charge in [0.15, 0.2) is 0 Å². The number of hydrogen-bond donors (Lipinski definition) is 1. The third-order valence-electron chi connectivity index (χ3n) is 2.77. The smallest absolute Gasteiger partial charge is 0.264 e. The van der Waals surface area contributed by atoms with Gasteiger partial charge < -0.3 is 15.0 Å². The zero-order chi connectivity index (χ0) is 16.1. The number of anilines is 1. The van der Waals surface area contributed by atoms with Gasteiger partial charge in [0.2, 0.25) is 0 Å². The van der Waals surface area contributed by atoms with E-state index in [1.807, 2.05) is 0 Å². The van der Waals surface area contributed by atoms with Gasteiger partial charge in [0.25, 0.3) is 11.1 Å². The van der Waals surface area contributed by atoms with Crippen molar-refractivity contribution < 1.29 is 9.53 Å². The number of nitrogens with zero attached hydrogens (tertiary/aromatic N) is 1. The summed E-state index contributed by atoms with van der Waals surface area (Å²) in [6.07, 6.45) is 0. The molecular formula is C16H15ClN2O2S. The van der Waals surface area contributed by atoms with Gasteiger partial charge in [-0.05, 0) is 54.7 Å². The van der Waals surface area contributed by atoms with Crippen LogP contribution in [0.1, 0.15) is 10.4 Å². The average molecular weight is 335 g/mol. The van der Waals surface area contributed by atoms with E-state index in [-0.39, 0.29) is 5.91 Å². The highest BCUT2D eigenvalue weighted by molar-refractivity contribution is 7.80. The molecule has 0 unspecified atom stereocenters. The Labute approximate surface area is 139 Å². The molecule has 0 radical (unpaired) electrons. The molecule has 2 rings (SSSR count). The summed E-state index contributed by atoms with van der Waals surface area (Å²) in [5.74, 6) is 0.283. The van der Waals surface area contributed by atoms with Crippen LogP contribution in [0, 0.1) is 0 Å². The van der Waals surface area contributed by atoms with E-state index in [0.29, 0.717) is 27.2 Å². The van der Waals surface area contributed by atoms with Crippen LogP contribution in [0.25, 0.3) is 0 Å². The Morgan fingerprint density at radius 2 is 1.86 bits per heavy atom. The van der Waals surface area contributed by atoms with Crippen LogP contribution in [-0.2, 0) is 0 Å². The van der Waals surface area contributed by atoms with E-state index in [0.717, 1.165) is 0 Å². The van der Waals surface area contributed by atoms with Gasteiger partial charge in [0.05, 0.1) is 0 Å². The molecule has 2 aromatic carbocycles. The van der Waals surface area contributed by atoms with Gasteiger partial charge in [-0.3, -0.25) is 4.79 Å². The van der Waals surface area contributed by atoms with Crippen molar-refractivity contribution in [2.45, 2.75) is 0 Å². The number of thiocarbonyl (C=S) groups is 1. The van der Waals surface area contributed by atoms with Crippen LogP contribution < -0.4 is 10.1 Å². The summed E-state index contributed by atoms with van der Waals surface area (Å²) in [5, 5.41) is 3.74. The normalized spacial score (nSPS) is 9.95. The summed E-state index contributed by atoms with van der Waals surface area (Å²) < 4.78 is 5.49. The first kappa shape index (κ1) is 16.3. The first-order valence-corrected chi connectivity index (χ1v) is 7.30. The van der Waals surface area contributed by atoms with E-state index in [1.165, 1.54) is 0 Å². The van der Waals surface area contributed by atoms with Crippen molar-refractivity contribution in [2.75, 3.05) is 19.4 Å². The molecule has 4 nitrogen and oxygen atoms in total. The summed E-state index contributed by atoms with van der Waals surface area (Å²) in [6.45, 7) is 0. The van der Waals surface area contributed by atoms with Crippen LogP contribution in [0.5, 0.6) is 5.75 Å². The van der Waals surface area contributed by atoms with Gasteiger partial charge in [0.1, 0.15) is 5.75 Å². The number of nitrogens with one attached hydrogen (secondary N) is 1. The lowest BCUT2D eigenvalue weighted by Gasteiger charge is -2.14. The fourth-order valence-corrected chi connectivity index (χ4v) is 1.85. The topological polar surface area (TPSA) is 41.6 Å². The Morgan fingerprint density at radius 3 is 2.50 bits per heavy atom. The van der Waals surface area contributed by atoms with Crippen molar-refractivity contribution in [1.29, 1.82) is 0 Å². The fourth-order valence-electron chi connectivity index (χ4n) is 1.63. The Kier molecular flexibility index (Phi) is 5.35. The van der Waals surface area contributed by atoms with E-state index in [2.05, 4.69) is 5.32 Å². The molecule has 22 heavy (non-hydrogen) atoms. The monoisotopic (exact) mass is 334 g/mol. The lowest BCUT2D eigenvalue weighted by Crippen LogP contribution is -2.25. The lowest BCUT2D eigenvalue weighted by atomic mass is 10.2. The van der Waals surface area contributed by atoms with Crippen molar-refractivity contribution >= 4 is 40.6 Å². The summed E-state index contributed by atoms with van der Waals surface area (Å²) >= 11 is 10.9. The Bertz CT molecular complexity index is 687. The predicted octanol–water partition coefficient (Wildman–Crippen LogP) is 3.82. The van der Waals surface area contributed by atoms with Crippen LogP contribution in [0.4, 0.5) is 5.69 Å².